The van der Waals surface area contributed by atoms with Gasteiger partial charge in [-0.05, 0) is 43.7 Å². The molecule has 1 aromatic carbocycles. The van der Waals surface area contributed by atoms with E-state index in [1.54, 1.807) is 7.11 Å². The number of rotatable bonds is 7. The fourth-order valence-electron chi connectivity index (χ4n) is 2.46. The lowest BCUT2D eigenvalue weighted by Crippen LogP contribution is -2.24. The maximum atomic E-state index is 12.3. The molecule has 24 heavy (non-hydrogen) atoms. The second-order valence-electron chi connectivity index (χ2n) is 5.36. The number of nitrogens with zero attached hydrogens (tertiary/aromatic N) is 1. The van der Waals surface area contributed by atoms with Crippen molar-refractivity contribution in [3.8, 4) is 5.75 Å². The number of ether oxygens (including phenoxy) is 2. The summed E-state index contributed by atoms with van der Waals surface area (Å²) in [4.78, 5) is 18.4. The summed E-state index contributed by atoms with van der Waals surface area (Å²) in [6.45, 7) is 3.94. The summed E-state index contributed by atoms with van der Waals surface area (Å²) in [6.07, 6.45) is 0.812. The van der Waals surface area contributed by atoms with Gasteiger partial charge in [0.2, 0.25) is 0 Å². The topological polar surface area (TPSA) is 60.5 Å². The highest BCUT2D eigenvalue weighted by Crippen LogP contribution is 2.29. The molecular weight excluding hydrogens is 324 g/mol. The highest BCUT2D eigenvalue weighted by atomic mass is 32.1. The van der Waals surface area contributed by atoms with E-state index in [-0.39, 0.29) is 5.91 Å². The normalized spacial score (nSPS) is 11.1. The molecule has 0 spiro atoms. The summed E-state index contributed by atoms with van der Waals surface area (Å²) in [5.41, 5.74) is 0.897. The highest BCUT2D eigenvalue weighted by Gasteiger charge is 2.11. The second kappa shape index (κ2) is 7.59. The van der Waals surface area contributed by atoms with Crippen molar-refractivity contribution in [2.45, 2.75) is 13.3 Å². The standard InChI is InChI=1S/C18H20N2O3S/c1-3-23-8-4-7-19-17(21)16-11-13-9-12-10-14(22-2)5-6-15(12)20-18(13)24-16/h5-6,9-11H,3-4,7-8H2,1-2H3,(H,19,21). The average molecular weight is 344 g/mol. The fraction of sp³-hybridized carbons (Fsp3) is 0.333. The molecule has 1 N–H and O–H groups in total. The van der Waals surface area contributed by atoms with Crippen molar-refractivity contribution in [3.05, 3.63) is 35.2 Å². The first-order valence-corrected chi connectivity index (χ1v) is 8.77. The Balaban J connectivity index is 1.77. The number of benzene rings is 1. The van der Waals surface area contributed by atoms with Gasteiger partial charge in [-0.25, -0.2) is 4.98 Å². The first kappa shape index (κ1) is 16.7. The van der Waals surface area contributed by atoms with Crippen LogP contribution in [-0.2, 0) is 4.74 Å². The summed E-state index contributed by atoms with van der Waals surface area (Å²) < 4.78 is 10.5. The zero-order chi connectivity index (χ0) is 16.9. The summed E-state index contributed by atoms with van der Waals surface area (Å²) in [5, 5.41) is 4.90. The SMILES string of the molecule is CCOCCCNC(=O)c1cc2cc3cc(OC)ccc3nc2s1. The van der Waals surface area contributed by atoms with Crippen LogP contribution in [0.2, 0.25) is 0 Å². The largest absolute Gasteiger partial charge is 0.497 e. The molecule has 0 aliphatic heterocycles. The predicted octanol–water partition coefficient (Wildman–Crippen LogP) is 3.61. The van der Waals surface area contributed by atoms with Gasteiger partial charge in [-0.1, -0.05) is 0 Å². The molecule has 5 nitrogen and oxygen atoms in total. The Morgan fingerprint density at radius 3 is 2.92 bits per heavy atom. The first-order chi connectivity index (χ1) is 11.7. The maximum Gasteiger partial charge on any atom is 0.261 e. The number of thiophene rings is 1. The van der Waals surface area contributed by atoms with Crippen molar-refractivity contribution in [2.24, 2.45) is 0 Å². The summed E-state index contributed by atoms with van der Waals surface area (Å²) >= 11 is 1.41. The van der Waals surface area contributed by atoms with Gasteiger partial charge in [-0.2, -0.15) is 0 Å². The first-order valence-electron chi connectivity index (χ1n) is 7.95. The minimum Gasteiger partial charge on any atom is -0.497 e. The molecule has 3 rings (SSSR count). The van der Waals surface area contributed by atoms with Gasteiger partial charge in [0.05, 0.1) is 17.5 Å². The van der Waals surface area contributed by atoms with Gasteiger partial charge in [0, 0.05) is 30.5 Å². The number of fused-ring (bicyclic) bond motifs is 2. The molecular formula is C18H20N2O3S. The van der Waals surface area contributed by atoms with Crippen LogP contribution in [0.5, 0.6) is 5.75 Å². The van der Waals surface area contributed by atoms with E-state index in [4.69, 9.17) is 9.47 Å². The molecule has 3 aromatic rings. The van der Waals surface area contributed by atoms with Gasteiger partial charge in [-0.3, -0.25) is 4.79 Å². The van der Waals surface area contributed by atoms with Crippen LogP contribution in [0.3, 0.4) is 0 Å². The number of hydrogen-bond acceptors (Lipinski definition) is 5. The van der Waals surface area contributed by atoms with Crippen molar-refractivity contribution in [2.75, 3.05) is 26.9 Å². The molecule has 0 saturated heterocycles. The number of pyridine rings is 1. The third kappa shape index (κ3) is 3.66. The third-order valence-corrected chi connectivity index (χ3v) is 4.73. The number of carbonyl (C=O) groups is 1. The summed E-state index contributed by atoms with van der Waals surface area (Å²) in [7, 11) is 1.64. The Hall–Kier alpha value is -2.18. The number of amides is 1. The van der Waals surface area contributed by atoms with E-state index in [1.165, 1.54) is 11.3 Å². The lowest BCUT2D eigenvalue weighted by atomic mass is 10.2. The van der Waals surface area contributed by atoms with Crippen LogP contribution in [0.1, 0.15) is 23.0 Å². The molecule has 0 aliphatic rings. The second-order valence-corrected chi connectivity index (χ2v) is 6.39. The Labute approximate surface area is 144 Å². The molecule has 0 saturated carbocycles. The lowest BCUT2D eigenvalue weighted by Gasteiger charge is -2.03. The smallest absolute Gasteiger partial charge is 0.261 e. The van der Waals surface area contributed by atoms with Gasteiger partial charge in [0.1, 0.15) is 10.6 Å². The van der Waals surface area contributed by atoms with Gasteiger partial charge in [0.25, 0.3) is 5.91 Å². The van der Waals surface area contributed by atoms with E-state index >= 15 is 0 Å². The minimum atomic E-state index is -0.0591. The van der Waals surface area contributed by atoms with Gasteiger partial charge >= 0.3 is 0 Å². The predicted molar refractivity (Wildman–Crippen MR) is 97.1 cm³/mol. The summed E-state index contributed by atoms with van der Waals surface area (Å²) in [5.74, 6) is 0.738. The molecule has 0 unspecified atom stereocenters. The molecule has 0 atom stereocenters. The van der Waals surface area contributed by atoms with E-state index < -0.39 is 0 Å². The molecule has 2 aromatic heterocycles. The van der Waals surface area contributed by atoms with E-state index in [2.05, 4.69) is 10.3 Å². The van der Waals surface area contributed by atoms with Crippen LogP contribution in [-0.4, -0.2) is 37.8 Å². The van der Waals surface area contributed by atoms with Gasteiger partial charge in [-0.15, -0.1) is 11.3 Å². The van der Waals surface area contributed by atoms with Gasteiger partial charge in [0.15, 0.2) is 0 Å². The Morgan fingerprint density at radius 1 is 1.25 bits per heavy atom. The minimum absolute atomic E-state index is 0.0591. The Kier molecular flexibility index (Phi) is 5.27. The van der Waals surface area contributed by atoms with E-state index in [9.17, 15) is 4.79 Å². The third-order valence-electron chi connectivity index (χ3n) is 3.69. The van der Waals surface area contributed by atoms with E-state index in [1.807, 2.05) is 37.3 Å². The van der Waals surface area contributed by atoms with Crippen molar-refractivity contribution in [1.82, 2.24) is 10.3 Å². The quantitative estimate of drug-likeness (QED) is 0.665. The number of methoxy groups -OCH3 is 1. The Morgan fingerprint density at radius 2 is 2.12 bits per heavy atom. The molecule has 0 radical (unpaired) electrons. The highest BCUT2D eigenvalue weighted by molar-refractivity contribution is 7.20. The fourth-order valence-corrected chi connectivity index (χ4v) is 3.40. The molecule has 2 heterocycles. The van der Waals surface area contributed by atoms with Crippen molar-refractivity contribution < 1.29 is 14.3 Å². The maximum absolute atomic E-state index is 12.3. The van der Waals surface area contributed by atoms with Crippen molar-refractivity contribution in [1.29, 1.82) is 0 Å². The van der Waals surface area contributed by atoms with E-state index in [0.717, 1.165) is 33.3 Å². The zero-order valence-electron chi connectivity index (χ0n) is 13.8. The van der Waals surface area contributed by atoms with Gasteiger partial charge < -0.3 is 14.8 Å². The average Bonchev–Trinajstić information content (AvgIpc) is 3.01. The Bertz CT molecular complexity index is 860. The monoisotopic (exact) mass is 344 g/mol. The number of nitrogens with one attached hydrogen (secondary N) is 1. The molecule has 1 amide bonds. The molecule has 126 valence electrons. The number of carbonyl (C=O) groups excluding carboxylic acids is 1. The van der Waals surface area contributed by atoms with Crippen LogP contribution >= 0.6 is 11.3 Å². The van der Waals surface area contributed by atoms with E-state index in [0.29, 0.717) is 24.6 Å². The molecule has 0 aliphatic carbocycles. The van der Waals surface area contributed by atoms with Crippen LogP contribution in [0.4, 0.5) is 0 Å². The number of aromatic nitrogens is 1. The number of hydrogen-bond donors (Lipinski definition) is 1. The van der Waals surface area contributed by atoms with Crippen LogP contribution in [0.25, 0.3) is 21.1 Å². The zero-order valence-corrected chi connectivity index (χ0v) is 14.6. The van der Waals surface area contributed by atoms with Crippen LogP contribution < -0.4 is 10.1 Å². The lowest BCUT2D eigenvalue weighted by molar-refractivity contribution is 0.0948. The summed E-state index contributed by atoms with van der Waals surface area (Å²) in [6, 6.07) is 9.71. The molecule has 6 heteroatoms. The molecule has 0 fully saturated rings. The van der Waals surface area contributed by atoms with Crippen LogP contribution in [0.15, 0.2) is 30.3 Å². The van der Waals surface area contributed by atoms with Crippen LogP contribution in [0, 0.1) is 0 Å². The molecule has 0 bridgehead atoms. The van der Waals surface area contributed by atoms with Crippen molar-refractivity contribution in [3.63, 3.8) is 0 Å². The van der Waals surface area contributed by atoms with Crippen molar-refractivity contribution >= 4 is 38.4 Å².